The van der Waals surface area contributed by atoms with E-state index in [0.717, 1.165) is 73.5 Å². The number of aromatic nitrogens is 6. The number of alkyl halides is 3. The van der Waals surface area contributed by atoms with Crippen LogP contribution in [0, 0.1) is 0 Å². The van der Waals surface area contributed by atoms with E-state index in [-0.39, 0.29) is 0 Å². The number of aliphatic carboxylic acids is 1. The van der Waals surface area contributed by atoms with Crippen LogP contribution in [0.3, 0.4) is 0 Å². The molecule has 1 aliphatic rings. The zero-order valence-electron chi connectivity index (χ0n) is 19.3. The van der Waals surface area contributed by atoms with Crippen molar-refractivity contribution in [1.82, 2.24) is 35.5 Å². The minimum atomic E-state index is -5.08. The number of aromatic amines is 2. The Kier molecular flexibility index (Phi) is 6.83. The van der Waals surface area contributed by atoms with Crippen molar-refractivity contribution in [3.05, 3.63) is 30.9 Å². The molecule has 1 aliphatic heterocycles. The summed E-state index contributed by atoms with van der Waals surface area (Å²) in [5, 5.41) is 20.5. The van der Waals surface area contributed by atoms with Crippen molar-refractivity contribution < 1.29 is 23.1 Å². The molecule has 37 heavy (non-hydrogen) atoms. The first kappa shape index (κ1) is 25.1. The van der Waals surface area contributed by atoms with E-state index in [1.54, 1.807) is 22.7 Å². The summed E-state index contributed by atoms with van der Waals surface area (Å²) >= 11 is 3.27. The molecule has 10 nitrogen and oxygen atoms in total. The fraction of sp³-hybridized carbons (Fsp3) is 0.318. The number of piperidine rings is 1. The van der Waals surface area contributed by atoms with Crippen LogP contribution in [0.1, 0.15) is 12.8 Å². The Labute approximate surface area is 215 Å². The van der Waals surface area contributed by atoms with E-state index in [1.165, 1.54) is 0 Å². The summed E-state index contributed by atoms with van der Waals surface area (Å²) in [5.74, 6) is -2.76. The second-order valence-corrected chi connectivity index (χ2v) is 10.2. The Hall–Kier alpha value is -3.56. The van der Waals surface area contributed by atoms with E-state index in [9.17, 15) is 13.2 Å². The fourth-order valence-corrected chi connectivity index (χ4v) is 6.15. The van der Waals surface area contributed by atoms with E-state index in [1.807, 2.05) is 24.8 Å². The molecule has 1 fully saturated rings. The Bertz CT molecular complexity index is 1490. The SMILES string of the molecule is CN(c1nc2sc(-c3ncc(-c4cn[nH]c4)c4cc[nH]c34)nc2s1)C1CCNCC1.O=C(O)C(F)(F)F. The largest absolute Gasteiger partial charge is 0.490 e. The highest BCUT2D eigenvalue weighted by atomic mass is 32.1. The predicted molar refractivity (Wildman–Crippen MR) is 136 cm³/mol. The van der Waals surface area contributed by atoms with Gasteiger partial charge in [-0.05, 0) is 32.0 Å². The third-order valence-electron chi connectivity index (χ3n) is 5.97. The van der Waals surface area contributed by atoms with Gasteiger partial charge >= 0.3 is 12.1 Å². The Balaban J connectivity index is 0.000000355. The summed E-state index contributed by atoms with van der Waals surface area (Å²) in [6, 6.07) is 2.62. The maximum absolute atomic E-state index is 10.6. The smallest absolute Gasteiger partial charge is 0.475 e. The molecule has 4 N–H and O–H groups in total. The number of thiazole rings is 2. The van der Waals surface area contributed by atoms with Crippen molar-refractivity contribution in [1.29, 1.82) is 0 Å². The number of carboxylic acid groups (broad SMARTS) is 1. The minimum Gasteiger partial charge on any atom is -0.475 e. The molecule has 15 heteroatoms. The van der Waals surface area contributed by atoms with Crippen LogP contribution in [0.15, 0.2) is 30.9 Å². The molecule has 1 saturated heterocycles. The molecule has 0 unspecified atom stereocenters. The van der Waals surface area contributed by atoms with Gasteiger partial charge in [-0.1, -0.05) is 22.7 Å². The summed E-state index contributed by atoms with van der Waals surface area (Å²) in [6.45, 7) is 2.15. The Morgan fingerprint density at radius 3 is 2.54 bits per heavy atom. The Morgan fingerprint density at radius 1 is 1.16 bits per heavy atom. The van der Waals surface area contributed by atoms with Gasteiger partial charge < -0.3 is 20.3 Å². The number of rotatable bonds is 4. The van der Waals surface area contributed by atoms with Gasteiger partial charge in [0.2, 0.25) is 0 Å². The lowest BCUT2D eigenvalue weighted by atomic mass is 10.1. The van der Waals surface area contributed by atoms with Crippen LogP contribution in [0.5, 0.6) is 0 Å². The number of carbonyl (C=O) groups is 1. The quantitative estimate of drug-likeness (QED) is 0.257. The van der Waals surface area contributed by atoms with E-state index in [0.29, 0.717) is 6.04 Å². The summed E-state index contributed by atoms with van der Waals surface area (Å²) in [7, 11) is 2.15. The first-order valence-corrected chi connectivity index (χ1v) is 12.8. The van der Waals surface area contributed by atoms with Gasteiger partial charge in [-0.25, -0.2) is 14.8 Å². The van der Waals surface area contributed by atoms with Crippen LogP contribution in [-0.2, 0) is 4.79 Å². The van der Waals surface area contributed by atoms with Crippen LogP contribution in [0.25, 0.3) is 42.4 Å². The number of hydrogen-bond acceptors (Lipinski definition) is 9. The molecular weight excluding hydrogens is 529 g/mol. The number of nitrogens with one attached hydrogen (secondary N) is 3. The zero-order chi connectivity index (χ0) is 26.2. The maximum atomic E-state index is 10.6. The molecular formula is C22H21F3N8O2S2. The molecule has 6 heterocycles. The van der Waals surface area contributed by atoms with Crippen LogP contribution in [0.2, 0.25) is 0 Å². The van der Waals surface area contributed by atoms with Gasteiger partial charge in [-0.3, -0.25) is 10.1 Å². The number of hydrogen-bond donors (Lipinski definition) is 4. The monoisotopic (exact) mass is 550 g/mol. The molecule has 0 radical (unpaired) electrons. The lowest BCUT2D eigenvalue weighted by Gasteiger charge is -2.31. The molecule has 0 spiro atoms. The first-order chi connectivity index (χ1) is 17.7. The molecule has 5 aromatic rings. The summed E-state index contributed by atoms with van der Waals surface area (Å²) in [4.78, 5) is 31.0. The van der Waals surface area contributed by atoms with Gasteiger partial charge in [0.05, 0.1) is 11.7 Å². The van der Waals surface area contributed by atoms with Gasteiger partial charge in [0.1, 0.15) is 10.7 Å². The average molecular weight is 551 g/mol. The second kappa shape index (κ2) is 10.1. The summed E-state index contributed by atoms with van der Waals surface area (Å²) < 4.78 is 31.7. The van der Waals surface area contributed by atoms with E-state index in [4.69, 9.17) is 24.9 Å². The molecule has 6 rings (SSSR count). The predicted octanol–water partition coefficient (Wildman–Crippen LogP) is 4.51. The van der Waals surface area contributed by atoms with E-state index < -0.39 is 12.1 Å². The van der Waals surface area contributed by atoms with Crippen molar-refractivity contribution in [2.75, 3.05) is 25.0 Å². The van der Waals surface area contributed by atoms with Crippen molar-refractivity contribution in [2.24, 2.45) is 0 Å². The topological polar surface area (TPSA) is 136 Å². The number of carboxylic acids is 1. The van der Waals surface area contributed by atoms with Crippen LogP contribution in [-0.4, -0.2) is 73.6 Å². The number of H-pyrrole nitrogens is 2. The second-order valence-electron chi connectivity index (χ2n) is 8.29. The number of nitrogens with zero attached hydrogens (tertiary/aromatic N) is 5. The van der Waals surface area contributed by atoms with Crippen molar-refractivity contribution in [3.63, 3.8) is 0 Å². The lowest BCUT2D eigenvalue weighted by Crippen LogP contribution is -2.41. The average Bonchev–Trinajstić information content (AvgIpc) is 3.67. The molecule has 0 saturated carbocycles. The summed E-state index contributed by atoms with van der Waals surface area (Å²) in [5.41, 5.74) is 3.92. The summed E-state index contributed by atoms with van der Waals surface area (Å²) in [6.07, 6.45) is 4.76. The molecule has 194 valence electrons. The maximum Gasteiger partial charge on any atom is 0.490 e. The molecule has 5 aromatic heterocycles. The fourth-order valence-electron chi connectivity index (χ4n) is 4.08. The number of anilines is 1. The van der Waals surface area contributed by atoms with Crippen molar-refractivity contribution in [2.45, 2.75) is 25.1 Å². The highest BCUT2D eigenvalue weighted by Crippen LogP contribution is 2.39. The van der Waals surface area contributed by atoms with Gasteiger partial charge in [-0.15, -0.1) is 0 Å². The van der Waals surface area contributed by atoms with Gasteiger partial charge in [0.25, 0.3) is 0 Å². The standard InChI is InChI=1S/C20H20N8S2.C2HF3O2/c1-28(12-2-5-21-6-3-12)20-27-19-18(30-20)26-17(29-19)16-15-13(4-7-22-15)14(10-23-16)11-8-24-25-9-11;3-2(4,5)1(6)7/h4,7-10,12,21-22H,2-3,5-6H2,1H3,(H,24,25);(H,6,7). The molecule has 0 amide bonds. The zero-order valence-corrected chi connectivity index (χ0v) is 21.0. The lowest BCUT2D eigenvalue weighted by molar-refractivity contribution is -0.192. The normalized spacial score (nSPS) is 14.6. The van der Waals surface area contributed by atoms with Crippen LogP contribution < -0.4 is 10.2 Å². The molecule has 0 atom stereocenters. The highest BCUT2D eigenvalue weighted by Gasteiger charge is 2.38. The minimum absolute atomic E-state index is 0.543. The first-order valence-electron chi connectivity index (χ1n) is 11.2. The van der Waals surface area contributed by atoms with Crippen LogP contribution in [0.4, 0.5) is 18.3 Å². The molecule has 0 aromatic carbocycles. The number of pyridine rings is 1. The molecule has 0 aliphatic carbocycles. The highest BCUT2D eigenvalue weighted by molar-refractivity contribution is 7.29. The van der Waals surface area contributed by atoms with Gasteiger partial charge in [-0.2, -0.15) is 18.3 Å². The van der Waals surface area contributed by atoms with E-state index >= 15 is 0 Å². The van der Waals surface area contributed by atoms with Crippen molar-refractivity contribution >= 4 is 54.3 Å². The number of fused-ring (bicyclic) bond motifs is 2. The van der Waals surface area contributed by atoms with Crippen molar-refractivity contribution in [3.8, 4) is 21.8 Å². The third-order valence-corrected chi connectivity index (χ3v) is 8.10. The van der Waals surface area contributed by atoms with Gasteiger partial charge in [0.15, 0.2) is 14.8 Å². The third kappa shape index (κ3) is 5.14. The Morgan fingerprint density at radius 2 is 1.89 bits per heavy atom. The number of halogens is 3. The molecule has 0 bridgehead atoms. The van der Waals surface area contributed by atoms with Crippen LogP contribution >= 0.6 is 22.7 Å². The van der Waals surface area contributed by atoms with Gasteiger partial charge in [0, 0.05) is 48.2 Å². The van der Waals surface area contributed by atoms with E-state index in [2.05, 4.69) is 38.5 Å².